The Kier molecular flexibility index (Phi) is 4.32. The Balaban J connectivity index is 3.07. The van der Waals surface area contributed by atoms with E-state index in [-0.39, 0.29) is 17.5 Å². The Morgan fingerprint density at radius 1 is 1.38 bits per heavy atom. The van der Waals surface area contributed by atoms with E-state index in [1.165, 1.54) is 23.5 Å². The highest BCUT2D eigenvalue weighted by molar-refractivity contribution is 7.89. The number of nitrogens with zero attached hydrogens (tertiary/aromatic N) is 1. The first-order chi connectivity index (χ1) is 7.39. The lowest BCUT2D eigenvalue weighted by molar-refractivity contribution is 0.394. The predicted octanol–water partition coefficient (Wildman–Crippen LogP) is 1.31. The second kappa shape index (κ2) is 5.14. The van der Waals surface area contributed by atoms with Gasteiger partial charge in [-0.05, 0) is 31.2 Å². The van der Waals surface area contributed by atoms with Gasteiger partial charge in [0.2, 0.25) is 10.0 Å². The molecule has 4 nitrogen and oxygen atoms in total. The van der Waals surface area contributed by atoms with Crippen LogP contribution < -0.4 is 5.73 Å². The molecule has 0 saturated heterocycles. The molecule has 6 heteroatoms. The zero-order valence-corrected chi connectivity index (χ0v) is 10.8. The second-order valence-corrected chi connectivity index (χ2v) is 5.99. The van der Waals surface area contributed by atoms with E-state index in [2.05, 4.69) is 0 Å². The number of hydrogen-bond acceptors (Lipinski definition) is 3. The molecule has 0 radical (unpaired) electrons. The van der Waals surface area contributed by atoms with Gasteiger partial charge >= 0.3 is 0 Å². The van der Waals surface area contributed by atoms with Crippen LogP contribution in [0.5, 0.6) is 0 Å². The minimum atomic E-state index is -3.47. The van der Waals surface area contributed by atoms with Crippen LogP contribution in [-0.4, -0.2) is 32.4 Å². The Labute approximate surface area is 101 Å². The molecule has 0 saturated carbocycles. The van der Waals surface area contributed by atoms with Crippen molar-refractivity contribution in [1.82, 2.24) is 4.31 Å². The highest BCUT2D eigenvalue weighted by Crippen LogP contribution is 2.18. The third kappa shape index (κ3) is 2.74. The number of hydrogen-bond donors (Lipinski definition) is 1. The Hall–Kier alpha value is -0.620. The van der Waals surface area contributed by atoms with Crippen LogP contribution in [0.3, 0.4) is 0 Å². The van der Waals surface area contributed by atoms with Crippen molar-refractivity contribution in [1.29, 1.82) is 0 Å². The third-order valence-electron chi connectivity index (χ3n) is 2.45. The molecular weight excluding hydrogens is 248 g/mol. The summed E-state index contributed by atoms with van der Waals surface area (Å²) in [6.45, 7) is 2.04. The van der Waals surface area contributed by atoms with E-state index in [9.17, 15) is 8.42 Å². The molecule has 90 valence electrons. The lowest BCUT2D eigenvalue weighted by atomic mass is 10.4. The van der Waals surface area contributed by atoms with Gasteiger partial charge in [-0.2, -0.15) is 4.31 Å². The van der Waals surface area contributed by atoms with Gasteiger partial charge in [0.05, 0.1) is 4.90 Å². The molecular formula is C10H15ClN2O2S. The summed E-state index contributed by atoms with van der Waals surface area (Å²) in [4.78, 5) is 0.222. The Morgan fingerprint density at radius 2 is 1.88 bits per heavy atom. The van der Waals surface area contributed by atoms with Crippen LogP contribution in [0.2, 0.25) is 5.02 Å². The average Bonchev–Trinajstić information content (AvgIpc) is 2.27. The van der Waals surface area contributed by atoms with E-state index in [1.54, 1.807) is 19.1 Å². The molecule has 1 unspecified atom stereocenters. The van der Waals surface area contributed by atoms with Gasteiger partial charge in [-0.25, -0.2) is 8.42 Å². The van der Waals surface area contributed by atoms with E-state index in [1.807, 2.05) is 0 Å². The number of nitrogens with two attached hydrogens (primary N) is 1. The van der Waals surface area contributed by atoms with Crippen LogP contribution in [0.1, 0.15) is 6.92 Å². The van der Waals surface area contributed by atoms with Gasteiger partial charge in [0.1, 0.15) is 0 Å². The molecule has 0 fully saturated rings. The summed E-state index contributed by atoms with van der Waals surface area (Å²) in [7, 11) is -1.96. The van der Waals surface area contributed by atoms with Gasteiger partial charge in [-0.3, -0.25) is 0 Å². The molecule has 0 spiro atoms. The summed E-state index contributed by atoms with van der Waals surface area (Å²) in [6.07, 6.45) is 0. The molecule has 0 aliphatic rings. The van der Waals surface area contributed by atoms with Crippen molar-refractivity contribution >= 4 is 21.6 Å². The van der Waals surface area contributed by atoms with Crippen LogP contribution in [0.4, 0.5) is 0 Å². The number of benzene rings is 1. The molecule has 0 bridgehead atoms. The van der Waals surface area contributed by atoms with Gasteiger partial charge in [0, 0.05) is 24.7 Å². The highest BCUT2D eigenvalue weighted by atomic mass is 35.5. The van der Waals surface area contributed by atoms with Crippen LogP contribution in [0.15, 0.2) is 29.2 Å². The van der Waals surface area contributed by atoms with E-state index >= 15 is 0 Å². The number of likely N-dealkylation sites (N-methyl/N-ethyl adjacent to an activating group) is 1. The Bertz CT molecular complexity index is 444. The van der Waals surface area contributed by atoms with Gasteiger partial charge in [-0.1, -0.05) is 11.6 Å². The zero-order valence-electron chi connectivity index (χ0n) is 9.22. The standard InChI is InChI=1S/C10H15ClN2O2S/c1-8(7-12)13(2)16(14,15)10-5-3-9(11)4-6-10/h3-6,8H,7,12H2,1-2H3. The number of halogens is 1. The molecule has 2 N–H and O–H groups in total. The van der Waals surface area contributed by atoms with Crippen LogP contribution >= 0.6 is 11.6 Å². The summed E-state index contributed by atoms with van der Waals surface area (Å²) in [5, 5.41) is 0.508. The zero-order chi connectivity index (χ0) is 12.3. The molecule has 0 amide bonds. The lowest BCUT2D eigenvalue weighted by Crippen LogP contribution is -2.39. The van der Waals surface area contributed by atoms with E-state index in [0.717, 1.165) is 0 Å². The highest BCUT2D eigenvalue weighted by Gasteiger charge is 2.24. The van der Waals surface area contributed by atoms with Gasteiger partial charge in [0.25, 0.3) is 0 Å². The van der Waals surface area contributed by atoms with Crippen molar-refractivity contribution in [2.45, 2.75) is 17.9 Å². The van der Waals surface area contributed by atoms with Gasteiger partial charge in [-0.15, -0.1) is 0 Å². The average molecular weight is 263 g/mol. The molecule has 0 aromatic heterocycles. The van der Waals surface area contributed by atoms with Crippen molar-refractivity contribution in [3.63, 3.8) is 0 Å². The van der Waals surface area contributed by atoms with Crippen LogP contribution in [-0.2, 0) is 10.0 Å². The van der Waals surface area contributed by atoms with Gasteiger partial charge in [0.15, 0.2) is 0 Å². The maximum atomic E-state index is 12.1. The molecule has 1 aromatic rings. The van der Waals surface area contributed by atoms with Gasteiger partial charge < -0.3 is 5.73 Å². The molecule has 1 atom stereocenters. The molecule has 1 rings (SSSR count). The van der Waals surface area contributed by atoms with Crippen molar-refractivity contribution in [3.05, 3.63) is 29.3 Å². The molecule has 16 heavy (non-hydrogen) atoms. The third-order valence-corrected chi connectivity index (χ3v) is 4.69. The van der Waals surface area contributed by atoms with Crippen molar-refractivity contribution in [2.75, 3.05) is 13.6 Å². The normalized spacial score (nSPS) is 14.1. The molecule has 0 heterocycles. The first kappa shape index (κ1) is 13.4. The summed E-state index contributed by atoms with van der Waals surface area (Å²) >= 11 is 5.70. The molecule has 0 aliphatic carbocycles. The number of sulfonamides is 1. The molecule has 1 aromatic carbocycles. The summed E-state index contributed by atoms with van der Waals surface area (Å²) in [5.74, 6) is 0. The van der Waals surface area contributed by atoms with E-state index in [0.29, 0.717) is 5.02 Å². The fourth-order valence-corrected chi connectivity index (χ4v) is 2.66. The maximum absolute atomic E-state index is 12.1. The minimum Gasteiger partial charge on any atom is -0.329 e. The first-order valence-electron chi connectivity index (χ1n) is 4.83. The monoisotopic (exact) mass is 262 g/mol. The lowest BCUT2D eigenvalue weighted by Gasteiger charge is -2.22. The Morgan fingerprint density at radius 3 is 2.31 bits per heavy atom. The van der Waals surface area contributed by atoms with Crippen molar-refractivity contribution in [2.24, 2.45) is 5.73 Å². The maximum Gasteiger partial charge on any atom is 0.243 e. The van der Waals surface area contributed by atoms with Crippen LogP contribution in [0.25, 0.3) is 0 Å². The number of rotatable bonds is 4. The van der Waals surface area contributed by atoms with Crippen molar-refractivity contribution in [3.8, 4) is 0 Å². The second-order valence-electron chi connectivity index (χ2n) is 3.56. The van der Waals surface area contributed by atoms with E-state index in [4.69, 9.17) is 17.3 Å². The summed E-state index contributed by atoms with van der Waals surface area (Å²) < 4.78 is 25.4. The summed E-state index contributed by atoms with van der Waals surface area (Å²) in [5.41, 5.74) is 5.44. The SMILES string of the molecule is CC(CN)N(C)S(=O)(=O)c1ccc(Cl)cc1. The van der Waals surface area contributed by atoms with Crippen LogP contribution in [0, 0.1) is 0 Å². The molecule has 0 aliphatic heterocycles. The fourth-order valence-electron chi connectivity index (χ4n) is 1.16. The fraction of sp³-hybridized carbons (Fsp3) is 0.400. The topological polar surface area (TPSA) is 63.4 Å². The smallest absolute Gasteiger partial charge is 0.243 e. The largest absolute Gasteiger partial charge is 0.329 e. The van der Waals surface area contributed by atoms with E-state index < -0.39 is 10.0 Å². The minimum absolute atomic E-state index is 0.222. The van der Waals surface area contributed by atoms with Crippen molar-refractivity contribution < 1.29 is 8.42 Å². The summed E-state index contributed by atoms with van der Waals surface area (Å²) in [6, 6.07) is 5.83. The predicted molar refractivity (Wildman–Crippen MR) is 64.9 cm³/mol. The first-order valence-corrected chi connectivity index (χ1v) is 6.65. The quantitative estimate of drug-likeness (QED) is 0.890.